The number of aromatic nitrogens is 2. The molecule has 1 aliphatic rings. The van der Waals surface area contributed by atoms with Crippen LogP contribution >= 0.6 is 0 Å². The summed E-state index contributed by atoms with van der Waals surface area (Å²) in [5.74, 6) is 2.25. The first kappa shape index (κ1) is 14.6. The molecule has 0 radical (unpaired) electrons. The normalized spacial score (nSPS) is 13.9. The summed E-state index contributed by atoms with van der Waals surface area (Å²) in [6.07, 6.45) is 3.08. The minimum atomic E-state index is 0.147. The summed E-state index contributed by atoms with van der Waals surface area (Å²) >= 11 is 0. The molecule has 0 aliphatic heterocycles. The van der Waals surface area contributed by atoms with Gasteiger partial charge in [-0.05, 0) is 25.7 Å². The fraction of sp³-hybridized carbons (Fsp3) is 0.643. The molecule has 0 unspecified atom stereocenters. The Morgan fingerprint density at radius 3 is 2.75 bits per heavy atom. The van der Waals surface area contributed by atoms with Crippen LogP contribution in [0.2, 0.25) is 0 Å². The molecule has 6 heteroatoms. The monoisotopic (exact) mass is 277 g/mol. The van der Waals surface area contributed by atoms with Crippen molar-refractivity contribution in [3.63, 3.8) is 0 Å². The van der Waals surface area contributed by atoms with Gasteiger partial charge in [-0.15, -0.1) is 0 Å². The number of nitrogens with one attached hydrogen (secondary N) is 2. The Kier molecular flexibility index (Phi) is 4.76. The fourth-order valence-electron chi connectivity index (χ4n) is 1.89. The van der Waals surface area contributed by atoms with Crippen LogP contribution in [0.5, 0.6) is 0 Å². The molecule has 0 aromatic carbocycles. The van der Waals surface area contributed by atoms with Crippen molar-refractivity contribution in [2.75, 3.05) is 37.4 Å². The van der Waals surface area contributed by atoms with E-state index < -0.39 is 0 Å². The molecule has 1 aliphatic carbocycles. The van der Waals surface area contributed by atoms with E-state index in [1.165, 1.54) is 12.8 Å². The summed E-state index contributed by atoms with van der Waals surface area (Å²) in [6.45, 7) is 3.17. The molecule has 110 valence electrons. The first-order valence-electron chi connectivity index (χ1n) is 7.08. The number of anilines is 2. The highest BCUT2D eigenvalue weighted by molar-refractivity contribution is 5.76. The Hall–Kier alpha value is -1.85. The molecular formula is C14H23N5O. The van der Waals surface area contributed by atoms with Crippen LogP contribution in [0.3, 0.4) is 0 Å². The van der Waals surface area contributed by atoms with Crippen molar-refractivity contribution in [3.8, 4) is 0 Å². The molecule has 1 aromatic heterocycles. The van der Waals surface area contributed by atoms with Gasteiger partial charge in [-0.25, -0.2) is 4.98 Å². The predicted octanol–water partition coefficient (Wildman–Crippen LogP) is 1.18. The molecule has 6 nitrogen and oxygen atoms in total. The van der Waals surface area contributed by atoms with Gasteiger partial charge in [-0.3, -0.25) is 4.79 Å². The predicted molar refractivity (Wildman–Crippen MR) is 79.9 cm³/mol. The van der Waals surface area contributed by atoms with Crippen LogP contribution in [-0.2, 0) is 4.79 Å². The molecule has 0 saturated heterocycles. The lowest BCUT2D eigenvalue weighted by molar-refractivity contribution is -0.121. The highest BCUT2D eigenvalue weighted by Crippen LogP contribution is 2.31. The van der Waals surface area contributed by atoms with E-state index in [0.29, 0.717) is 31.4 Å². The Labute approximate surface area is 120 Å². The highest BCUT2D eigenvalue weighted by Gasteiger charge is 2.23. The van der Waals surface area contributed by atoms with Gasteiger partial charge in [0.15, 0.2) is 0 Å². The molecule has 20 heavy (non-hydrogen) atoms. The molecule has 1 amide bonds. The van der Waals surface area contributed by atoms with Crippen LogP contribution in [0.1, 0.15) is 25.0 Å². The quantitative estimate of drug-likeness (QED) is 0.732. The van der Waals surface area contributed by atoms with Crippen molar-refractivity contribution in [1.29, 1.82) is 0 Å². The van der Waals surface area contributed by atoms with E-state index >= 15 is 0 Å². The topological polar surface area (TPSA) is 70.2 Å². The third-order valence-electron chi connectivity index (χ3n) is 3.20. The fourth-order valence-corrected chi connectivity index (χ4v) is 1.89. The summed E-state index contributed by atoms with van der Waals surface area (Å²) < 4.78 is 0. The number of nitrogens with zero attached hydrogens (tertiary/aromatic N) is 3. The largest absolute Gasteiger partial charge is 0.363 e. The Morgan fingerprint density at radius 2 is 2.10 bits per heavy atom. The molecule has 1 aromatic rings. The first-order valence-corrected chi connectivity index (χ1v) is 7.08. The molecule has 1 saturated carbocycles. The van der Waals surface area contributed by atoms with Gasteiger partial charge in [0.1, 0.15) is 5.82 Å². The van der Waals surface area contributed by atoms with Crippen LogP contribution in [0.15, 0.2) is 6.07 Å². The minimum absolute atomic E-state index is 0.147. The smallest absolute Gasteiger partial charge is 0.224 e. The third kappa shape index (κ3) is 4.68. The number of carbonyl (C=O) groups is 1. The van der Waals surface area contributed by atoms with Gasteiger partial charge in [0.2, 0.25) is 11.9 Å². The summed E-state index contributed by atoms with van der Waals surface area (Å²) in [6, 6.07) is 1.93. The summed E-state index contributed by atoms with van der Waals surface area (Å²) in [4.78, 5) is 22.2. The Morgan fingerprint density at radius 1 is 1.35 bits per heavy atom. The van der Waals surface area contributed by atoms with E-state index in [1.54, 1.807) is 0 Å². The molecular weight excluding hydrogens is 254 g/mol. The molecule has 1 heterocycles. The average Bonchev–Trinajstić information content (AvgIpc) is 3.18. The van der Waals surface area contributed by atoms with Gasteiger partial charge in [-0.2, -0.15) is 4.98 Å². The van der Waals surface area contributed by atoms with E-state index in [9.17, 15) is 4.79 Å². The summed E-state index contributed by atoms with van der Waals surface area (Å²) in [7, 11) is 3.90. The number of hydrogen-bond acceptors (Lipinski definition) is 5. The zero-order valence-electron chi connectivity index (χ0n) is 12.4. The minimum Gasteiger partial charge on any atom is -0.363 e. The zero-order chi connectivity index (χ0) is 14.5. The second kappa shape index (κ2) is 6.54. The van der Waals surface area contributed by atoms with Crippen molar-refractivity contribution < 1.29 is 4.79 Å². The number of hydrogen-bond donors (Lipinski definition) is 2. The third-order valence-corrected chi connectivity index (χ3v) is 3.20. The molecule has 2 N–H and O–H groups in total. The van der Waals surface area contributed by atoms with E-state index in [4.69, 9.17) is 0 Å². The summed E-state index contributed by atoms with van der Waals surface area (Å²) in [5, 5.41) is 6.05. The van der Waals surface area contributed by atoms with Crippen molar-refractivity contribution in [2.45, 2.75) is 26.2 Å². The van der Waals surface area contributed by atoms with Gasteiger partial charge in [0.05, 0.1) is 0 Å². The van der Waals surface area contributed by atoms with E-state index in [1.807, 2.05) is 32.0 Å². The Balaban J connectivity index is 1.74. The standard InChI is InChI=1S/C14H23N5O/c1-10-8-12(19(2)3)18-14(17-10)16-7-6-15-13(20)9-11-4-5-11/h8,11H,4-7,9H2,1-3H3,(H,15,20)(H,16,17,18). The zero-order valence-corrected chi connectivity index (χ0v) is 12.4. The molecule has 0 atom stereocenters. The van der Waals surface area contributed by atoms with Gasteiger partial charge >= 0.3 is 0 Å². The second-order valence-electron chi connectivity index (χ2n) is 5.51. The van der Waals surface area contributed by atoms with Gasteiger partial charge in [-0.1, -0.05) is 0 Å². The number of carbonyl (C=O) groups excluding carboxylic acids is 1. The molecule has 0 spiro atoms. The van der Waals surface area contributed by atoms with Crippen molar-refractivity contribution in [3.05, 3.63) is 11.8 Å². The molecule has 1 fully saturated rings. The lowest BCUT2D eigenvalue weighted by Gasteiger charge is -2.13. The van der Waals surface area contributed by atoms with Crippen molar-refractivity contribution >= 4 is 17.7 Å². The van der Waals surface area contributed by atoms with Crippen LogP contribution in [-0.4, -0.2) is 43.1 Å². The molecule has 2 rings (SSSR count). The maximum absolute atomic E-state index is 11.5. The Bertz CT molecular complexity index is 471. The van der Waals surface area contributed by atoms with E-state index in [0.717, 1.165) is 11.5 Å². The van der Waals surface area contributed by atoms with Crippen LogP contribution < -0.4 is 15.5 Å². The number of amides is 1. The van der Waals surface area contributed by atoms with Crippen molar-refractivity contribution in [1.82, 2.24) is 15.3 Å². The lowest BCUT2D eigenvalue weighted by Crippen LogP contribution is -2.29. The summed E-state index contributed by atoms with van der Waals surface area (Å²) in [5.41, 5.74) is 0.920. The number of aryl methyl sites for hydroxylation is 1. The van der Waals surface area contributed by atoms with Gasteiger partial charge < -0.3 is 15.5 Å². The number of rotatable bonds is 7. The van der Waals surface area contributed by atoms with E-state index in [2.05, 4.69) is 20.6 Å². The highest BCUT2D eigenvalue weighted by atomic mass is 16.1. The SMILES string of the molecule is Cc1cc(N(C)C)nc(NCCNC(=O)CC2CC2)n1. The second-order valence-corrected chi connectivity index (χ2v) is 5.51. The van der Waals surface area contributed by atoms with Crippen LogP contribution in [0.25, 0.3) is 0 Å². The maximum atomic E-state index is 11.5. The van der Waals surface area contributed by atoms with Gasteiger partial charge in [0.25, 0.3) is 0 Å². The van der Waals surface area contributed by atoms with Crippen LogP contribution in [0, 0.1) is 12.8 Å². The molecule has 0 bridgehead atoms. The van der Waals surface area contributed by atoms with Crippen molar-refractivity contribution in [2.24, 2.45) is 5.92 Å². The average molecular weight is 277 g/mol. The van der Waals surface area contributed by atoms with Gasteiger partial charge in [0, 0.05) is 45.4 Å². The van der Waals surface area contributed by atoms with E-state index in [-0.39, 0.29) is 5.91 Å². The lowest BCUT2D eigenvalue weighted by atomic mass is 10.3. The first-order chi connectivity index (χ1) is 9.54. The van der Waals surface area contributed by atoms with Crippen LogP contribution in [0.4, 0.5) is 11.8 Å². The maximum Gasteiger partial charge on any atom is 0.224 e.